The summed E-state index contributed by atoms with van der Waals surface area (Å²) in [6.45, 7) is 1.55. The number of nitrogens with zero attached hydrogens (tertiary/aromatic N) is 1. The molecule has 1 saturated heterocycles. The average molecular weight is 329 g/mol. The van der Waals surface area contributed by atoms with E-state index < -0.39 is 12.0 Å². The standard InChI is InChI=1S/C14H14Cl2N2O3/c1-7-4-14(6-18(7)12(20)5-19)8-2-9(15)10(16)3-11(8)17-13(14)21/h2-3,7,19H,4-6H2,1H3,(H,17,21)/t7-,14+/m1/s1. The number of hydrogen-bond acceptors (Lipinski definition) is 3. The van der Waals surface area contributed by atoms with E-state index >= 15 is 0 Å². The van der Waals surface area contributed by atoms with Crippen molar-refractivity contribution in [1.82, 2.24) is 4.90 Å². The van der Waals surface area contributed by atoms with Crippen molar-refractivity contribution in [3.63, 3.8) is 0 Å². The summed E-state index contributed by atoms with van der Waals surface area (Å²) < 4.78 is 0. The molecular weight excluding hydrogens is 315 g/mol. The van der Waals surface area contributed by atoms with Gasteiger partial charge in [-0.15, -0.1) is 0 Å². The van der Waals surface area contributed by atoms with Crippen molar-refractivity contribution in [3.05, 3.63) is 27.7 Å². The van der Waals surface area contributed by atoms with Crippen molar-refractivity contribution < 1.29 is 14.7 Å². The van der Waals surface area contributed by atoms with Crippen LogP contribution in [-0.2, 0) is 15.0 Å². The minimum Gasteiger partial charge on any atom is -0.387 e. The number of aliphatic hydroxyl groups excluding tert-OH is 1. The van der Waals surface area contributed by atoms with Crippen LogP contribution < -0.4 is 5.32 Å². The first-order valence-corrected chi connectivity index (χ1v) is 7.36. The van der Waals surface area contributed by atoms with Gasteiger partial charge >= 0.3 is 0 Å². The molecule has 0 radical (unpaired) electrons. The Morgan fingerprint density at radius 2 is 2.14 bits per heavy atom. The highest BCUT2D eigenvalue weighted by molar-refractivity contribution is 6.42. The summed E-state index contributed by atoms with van der Waals surface area (Å²) in [5.74, 6) is -0.531. The maximum Gasteiger partial charge on any atom is 0.248 e. The van der Waals surface area contributed by atoms with Gasteiger partial charge in [0, 0.05) is 18.3 Å². The molecule has 2 N–H and O–H groups in total. The number of nitrogens with one attached hydrogen (secondary N) is 1. The van der Waals surface area contributed by atoms with Gasteiger partial charge in [-0.05, 0) is 31.0 Å². The summed E-state index contributed by atoms with van der Waals surface area (Å²) in [7, 11) is 0. The van der Waals surface area contributed by atoms with Crippen LogP contribution in [0.3, 0.4) is 0 Å². The topological polar surface area (TPSA) is 69.6 Å². The normalized spacial score (nSPS) is 27.1. The van der Waals surface area contributed by atoms with Gasteiger partial charge in [0.25, 0.3) is 0 Å². The van der Waals surface area contributed by atoms with Crippen LogP contribution in [0.1, 0.15) is 18.9 Å². The van der Waals surface area contributed by atoms with Crippen molar-refractivity contribution in [1.29, 1.82) is 0 Å². The Balaban J connectivity index is 2.07. The van der Waals surface area contributed by atoms with E-state index in [2.05, 4.69) is 5.32 Å². The molecule has 1 spiro atoms. The van der Waals surface area contributed by atoms with E-state index in [0.29, 0.717) is 22.2 Å². The van der Waals surface area contributed by atoms with Crippen LogP contribution >= 0.6 is 23.2 Å². The van der Waals surface area contributed by atoms with Gasteiger partial charge in [-0.2, -0.15) is 0 Å². The van der Waals surface area contributed by atoms with Gasteiger partial charge in [0.1, 0.15) is 6.61 Å². The molecule has 2 atom stereocenters. The highest BCUT2D eigenvalue weighted by Crippen LogP contribution is 2.48. The zero-order chi connectivity index (χ0) is 15.4. The molecular formula is C14H14Cl2N2O3. The first kappa shape index (κ1) is 14.6. The van der Waals surface area contributed by atoms with Gasteiger partial charge in [-0.1, -0.05) is 23.2 Å². The number of halogens is 2. The van der Waals surface area contributed by atoms with E-state index in [-0.39, 0.29) is 24.4 Å². The van der Waals surface area contributed by atoms with Gasteiger partial charge in [-0.3, -0.25) is 9.59 Å². The molecule has 0 bridgehead atoms. The summed E-state index contributed by atoms with van der Waals surface area (Å²) in [5.41, 5.74) is 0.593. The maximum absolute atomic E-state index is 12.5. The Labute approximate surface area is 131 Å². The number of anilines is 1. The number of rotatable bonds is 1. The molecule has 0 aliphatic carbocycles. The predicted octanol–water partition coefficient (Wildman–Crippen LogP) is 1.80. The largest absolute Gasteiger partial charge is 0.387 e. The van der Waals surface area contributed by atoms with E-state index in [1.165, 1.54) is 4.90 Å². The fourth-order valence-corrected chi connectivity index (χ4v) is 3.65. The Morgan fingerprint density at radius 3 is 2.81 bits per heavy atom. The Bertz CT molecular complexity index is 649. The molecule has 0 unspecified atom stereocenters. The van der Waals surface area contributed by atoms with Crippen LogP contribution in [0, 0.1) is 0 Å². The second-order valence-corrected chi connectivity index (χ2v) is 6.40. The van der Waals surface area contributed by atoms with E-state index in [0.717, 1.165) is 5.56 Å². The fourth-order valence-electron chi connectivity index (χ4n) is 3.32. The second kappa shape index (κ2) is 4.87. The van der Waals surface area contributed by atoms with Gasteiger partial charge in [0.15, 0.2) is 0 Å². The van der Waals surface area contributed by atoms with Crippen LogP contribution in [0.2, 0.25) is 10.0 Å². The summed E-state index contributed by atoms with van der Waals surface area (Å²) in [4.78, 5) is 25.8. The van der Waals surface area contributed by atoms with Gasteiger partial charge in [0.2, 0.25) is 11.8 Å². The smallest absolute Gasteiger partial charge is 0.248 e. The zero-order valence-electron chi connectivity index (χ0n) is 11.3. The van der Waals surface area contributed by atoms with Gasteiger partial charge in [0.05, 0.1) is 15.5 Å². The quantitative estimate of drug-likeness (QED) is 0.825. The Morgan fingerprint density at radius 1 is 1.48 bits per heavy atom. The summed E-state index contributed by atoms with van der Waals surface area (Å²) >= 11 is 12.1. The van der Waals surface area contributed by atoms with Crippen LogP contribution in [-0.4, -0.2) is 41.0 Å². The first-order valence-electron chi connectivity index (χ1n) is 6.60. The number of carbonyl (C=O) groups excluding carboxylic acids is 2. The minimum atomic E-state index is -0.812. The van der Waals surface area contributed by atoms with Crippen molar-refractivity contribution in [3.8, 4) is 0 Å². The van der Waals surface area contributed by atoms with E-state index in [4.69, 9.17) is 28.3 Å². The third-order valence-corrected chi connectivity index (χ3v) is 5.05. The number of amides is 2. The van der Waals surface area contributed by atoms with Crippen molar-refractivity contribution in [2.24, 2.45) is 0 Å². The molecule has 21 heavy (non-hydrogen) atoms. The highest BCUT2D eigenvalue weighted by Gasteiger charge is 2.54. The molecule has 2 amide bonds. The number of aliphatic hydroxyl groups is 1. The predicted molar refractivity (Wildman–Crippen MR) is 79.6 cm³/mol. The average Bonchev–Trinajstić information content (AvgIpc) is 2.91. The molecule has 1 aromatic rings. The third-order valence-electron chi connectivity index (χ3n) is 4.33. The fraction of sp³-hybridized carbons (Fsp3) is 0.429. The molecule has 1 aromatic carbocycles. The molecule has 7 heteroatoms. The van der Waals surface area contributed by atoms with Crippen molar-refractivity contribution >= 4 is 40.7 Å². The molecule has 1 fully saturated rings. The van der Waals surface area contributed by atoms with Crippen molar-refractivity contribution in [2.75, 3.05) is 18.5 Å². The molecule has 3 rings (SSSR count). The lowest BCUT2D eigenvalue weighted by atomic mass is 9.80. The summed E-state index contributed by atoms with van der Waals surface area (Å²) in [6, 6.07) is 3.19. The molecule has 5 nitrogen and oxygen atoms in total. The monoisotopic (exact) mass is 328 g/mol. The van der Waals surface area contributed by atoms with Crippen LogP contribution in [0.4, 0.5) is 5.69 Å². The van der Waals surface area contributed by atoms with E-state index in [1.54, 1.807) is 12.1 Å². The Hall–Kier alpha value is -1.30. The van der Waals surface area contributed by atoms with Crippen LogP contribution in [0.25, 0.3) is 0 Å². The second-order valence-electron chi connectivity index (χ2n) is 5.58. The lowest BCUT2D eigenvalue weighted by molar-refractivity contribution is -0.135. The van der Waals surface area contributed by atoms with Gasteiger partial charge in [-0.25, -0.2) is 0 Å². The third kappa shape index (κ3) is 2.03. The molecule has 0 saturated carbocycles. The number of fused-ring (bicyclic) bond motifs is 2. The molecule has 2 aliphatic heterocycles. The molecule has 112 valence electrons. The van der Waals surface area contributed by atoms with Crippen LogP contribution in [0.5, 0.6) is 0 Å². The maximum atomic E-state index is 12.5. The number of carbonyl (C=O) groups is 2. The van der Waals surface area contributed by atoms with E-state index in [1.807, 2.05) is 6.92 Å². The molecule has 0 aromatic heterocycles. The number of hydrogen-bond donors (Lipinski definition) is 2. The number of likely N-dealkylation sites (tertiary alicyclic amines) is 1. The SMILES string of the molecule is C[C@@H]1C[C@@]2(CN1C(=O)CO)C(=O)Nc1cc(Cl)c(Cl)cc12. The summed E-state index contributed by atoms with van der Waals surface area (Å²) in [5, 5.41) is 12.6. The number of benzene rings is 1. The zero-order valence-corrected chi connectivity index (χ0v) is 12.8. The van der Waals surface area contributed by atoms with Crippen LogP contribution in [0.15, 0.2) is 12.1 Å². The van der Waals surface area contributed by atoms with Crippen molar-refractivity contribution in [2.45, 2.75) is 24.8 Å². The summed E-state index contributed by atoms with van der Waals surface area (Å²) in [6.07, 6.45) is 0.496. The highest BCUT2D eigenvalue weighted by atomic mass is 35.5. The van der Waals surface area contributed by atoms with E-state index in [9.17, 15) is 9.59 Å². The lowest BCUT2D eigenvalue weighted by Crippen LogP contribution is -2.40. The molecule has 2 heterocycles. The first-order chi connectivity index (χ1) is 9.89. The Kier molecular flexibility index (Phi) is 3.39. The molecule has 2 aliphatic rings. The van der Waals surface area contributed by atoms with Gasteiger partial charge < -0.3 is 15.3 Å². The lowest BCUT2D eigenvalue weighted by Gasteiger charge is -2.23. The minimum absolute atomic E-state index is 0.129.